The Balaban J connectivity index is 1.56. The molecule has 1 aromatic carbocycles. The average Bonchev–Trinajstić information content (AvgIpc) is 3.07. The van der Waals surface area contributed by atoms with Crippen LogP contribution in [0.15, 0.2) is 28.8 Å². The summed E-state index contributed by atoms with van der Waals surface area (Å²) in [5, 5.41) is 3.87. The van der Waals surface area contributed by atoms with Gasteiger partial charge in [0.05, 0.1) is 6.04 Å². The molecule has 0 saturated carbocycles. The lowest BCUT2D eigenvalue weighted by molar-refractivity contribution is 0.0774. The van der Waals surface area contributed by atoms with E-state index < -0.39 is 0 Å². The Morgan fingerprint density at radius 2 is 1.85 bits per heavy atom. The molecule has 1 atom stereocenters. The van der Waals surface area contributed by atoms with Gasteiger partial charge in [0.15, 0.2) is 11.6 Å². The summed E-state index contributed by atoms with van der Waals surface area (Å²) in [7, 11) is 0. The van der Waals surface area contributed by atoms with E-state index in [1.54, 1.807) is 0 Å². The first-order chi connectivity index (χ1) is 12.4. The van der Waals surface area contributed by atoms with Crippen molar-refractivity contribution >= 4 is 5.78 Å². The Morgan fingerprint density at radius 3 is 2.38 bits per heavy atom. The highest BCUT2D eigenvalue weighted by atomic mass is 16.5. The van der Waals surface area contributed by atoms with Crippen LogP contribution >= 0.6 is 0 Å². The number of hydrogen-bond acceptors (Lipinski definition) is 5. The van der Waals surface area contributed by atoms with E-state index in [9.17, 15) is 4.79 Å². The van der Waals surface area contributed by atoms with Gasteiger partial charge in [0.25, 0.3) is 0 Å². The molecule has 0 unspecified atom stereocenters. The van der Waals surface area contributed by atoms with Crippen LogP contribution in [0.4, 0.5) is 0 Å². The number of Topliss-reactive ketones (excluding diaryl/α,β-unsaturated/α-hetero) is 1. The van der Waals surface area contributed by atoms with Gasteiger partial charge < -0.3 is 4.52 Å². The molecule has 2 aromatic rings. The molecule has 3 rings (SSSR count). The van der Waals surface area contributed by atoms with Crippen LogP contribution in [0, 0.1) is 18.8 Å². The molecule has 140 valence electrons. The highest BCUT2D eigenvalue weighted by molar-refractivity contribution is 5.97. The molecule has 26 heavy (non-hydrogen) atoms. The average molecular weight is 355 g/mol. The van der Waals surface area contributed by atoms with Crippen molar-refractivity contribution in [3.05, 3.63) is 47.1 Å². The summed E-state index contributed by atoms with van der Waals surface area (Å²) in [5.74, 6) is 2.34. The summed E-state index contributed by atoms with van der Waals surface area (Å²) in [6.07, 6.45) is 2.81. The minimum Gasteiger partial charge on any atom is -0.338 e. The van der Waals surface area contributed by atoms with E-state index in [0.717, 1.165) is 37.9 Å². The molecule has 1 aliphatic heterocycles. The van der Waals surface area contributed by atoms with Crippen molar-refractivity contribution in [3.8, 4) is 0 Å². The summed E-state index contributed by atoms with van der Waals surface area (Å²) in [4.78, 5) is 19.5. The molecule has 0 amide bonds. The second-order valence-corrected chi connectivity index (χ2v) is 7.83. The first kappa shape index (κ1) is 18.8. The fourth-order valence-electron chi connectivity index (χ4n) is 3.70. The van der Waals surface area contributed by atoms with Gasteiger partial charge in [0.1, 0.15) is 0 Å². The highest BCUT2D eigenvalue weighted by Gasteiger charge is 2.30. The van der Waals surface area contributed by atoms with E-state index in [2.05, 4.69) is 47.9 Å². The van der Waals surface area contributed by atoms with Crippen LogP contribution in [-0.4, -0.2) is 33.9 Å². The minimum atomic E-state index is 0.0996. The zero-order valence-electron chi connectivity index (χ0n) is 16.2. The minimum absolute atomic E-state index is 0.0996. The van der Waals surface area contributed by atoms with Gasteiger partial charge in [-0.2, -0.15) is 4.98 Å². The van der Waals surface area contributed by atoms with Crippen LogP contribution in [0.5, 0.6) is 0 Å². The highest BCUT2D eigenvalue weighted by Crippen LogP contribution is 2.28. The molecule has 1 aliphatic rings. The Labute approximate surface area is 155 Å². The largest absolute Gasteiger partial charge is 0.338 e. The topological polar surface area (TPSA) is 59.2 Å². The van der Waals surface area contributed by atoms with E-state index in [-0.39, 0.29) is 17.7 Å². The molecule has 1 saturated heterocycles. The van der Waals surface area contributed by atoms with Crippen molar-refractivity contribution in [2.24, 2.45) is 11.8 Å². The second kappa shape index (κ2) is 8.12. The Hall–Kier alpha value is -2.01. The predicted octanol–water partition coefficient (Wildman–Crippen LogP) is 4.23. The van der Waals surface area contributed by atoms with Crippen molar-refractivity contribution < 1.29 is 9.32 Å². The van der Waals surface area contributed by atoms with Gasteiger partial charge >= 0.3 is 0 Å². The number of rotatable bonds is 6. The standard InChI is InChI=1S/C21H29N3O2/c1-14(2)13-17-5-7-18(8-6-17)20(25)19-9-11-24(12-10-19)15(3)21-22-16(4)23-26-21/h5-8,14-15,19H,9-13H2,1-4H3/t15-/m0/s1. The molecule has 0 N–H and O–H groups in total. The Morgan fingerprint density at radius 1 is 1.19 bits per heavy atom. The van der Waals surface area contributed by atoms with Crippen LogP contribution in [0.2, 0.25) is 0 Å². The first-order valence-electron chi connectivity index (χ1n) is 9.61. The van der Waals surface area contributed by atoms with Crippen molar-refractivity contribution in [1.29, 1.82) is 0 Å². The number of nitrogens with zero attached hydrogens (tertiary/aromatic N) is 3. The van der Waals surface area contributed by atoms with Crippen LogP contribution in [-0.2, 0) is 6.42 Å². The van der Waals surface area contributed by atoms with Gasteiger partial charge in [-0.1, -0.05) is 43.3 Å². The number of carbonyl (C=O) groups is 1. The zero-order chi connectivity index (χ0) is 18.7. The molecule has 0 bridgehead atoms. The molecular formula is C21H29N3O2. The number of piperidine rings is 1. The molecule has 0 aliphatic carbocycles. The zero-order valence-corrected chi connectivity index (χ0v) is 16.2. The number of ketones is 1. The molecule has 0 radical (unpaired) electrons. The summed E-state index contributed by atoms with van der Waals surface area (Å²) in [6.45, 7) is 10.1. The Kier molecular flexibility index (Phi) is 5.87. The summed E-state index contributed by atoms with van der Waals surface area (Å²) >= 11 is 0. The molecule has 2 heterocycles. The van der Waals surface area contributed by atoms with Gasteiger partial charge in [-0.3, -0.25) is 9.69 Å². The van der Waals surface area contributed by atoms with Crippen molar-refractivity contribution in [2.45, 2.75) is 53.0 Å². The molecule has 5 heteroatoms. The lowest BCUT2D eigenvalue weighted by Gasteiger charge is -2.33. The maximum atomic E-state index is 12.8. The quantitative estimate of drug-likeness (QED) is 0.726. The van der Waals surface area contributed by atoms with Gasteiger partial charge in [-0.15, -0.1) is 0 Å². The summed E-state index contributed by atoms with van der Waals surface area (Å²) in [5.41, 5.74) is 2.14. The lowest BCUT2D eigenvalue weighted by Crippen LogP contribution is -2.38. The van der Waals surface area contributed by atoms with E-state index >= 15 is 0 Å². The van der Waals surface area contributed by atoms with Crippen molar-refractivity contribution in [2.75, 3.05) is 13.1 Å². The third-order valence-electron chi connectivity index (χ3n) is 5.23. The van der Waals surface area contributed by atoms with Crippen LogP contribution in [0.3, 0.4) is 0 Å². The first-order valence-corrected chi connectivity index (χ1v) is 9.61. The third kappa shape index (κ3) is 4.39. The van der Waals surface area contributed by atoms with E-state index in [4.69, 9.17) is 4.52 Å². The van der Waals surface area contributed by atoms with E-state index in [1.165, 1.54) is 5.56 Å². The normalized spacial score (nSPS) is 17.6. The van der Waals surface area contributed by atoms with Crippen molar-refractivity contribution in [1.82, 2.24) is 15.0 Å². The van der Waals surface area contributed by atoms with Gasteiger partial charge in [-0.25, -0.2) is 0 Å². The SMILES string of the molecule is Cc1noc([C@H](C)N2CCC(C(=O)c3ccc(CC(C)C)cc3)CC2)n1. The van der Waals surface area contributed by atoms with Crippen LogP contribution < -0.4 is 0 Å². The number of aryl methyl sites for hydroxylation is 1. The van der Waals surface area contributed by atoms with Gasteiger partial charge in [0.2, 0.25) is 5.89 Å². The predicted molar refractivity (Wildman–Crippen MR) is 101 cm³/mol. The molecular weight excluding hydrogens is 326 g/mol. The van der Waals surface area contributed by atoms with Gasteiger partial charge in [-0.05, 0) is 57.7 Å². The maximum absolute atomic E-state index is 12.8. The molecule has 5 nitrogen and oxygen atoms in total. The number of aromatic nitrogens is 2. The maximum Gasteiger partial charge on any atom is 0.243 e. The smallest absolute Gasteiger partial charge is 0.243 e. The molecule has 1 aromatic heterocycles. The molecule has 0 spiro atoms. The summed E-state index contributed by atoms with van der Waals surface area (Å²) < 4.78 is 5.29. The number of carbonyl (C=O) groups excluding carboxylic acids is 1. The number of hydrogen-bond donors (Lipinski definition) is 0. The van der Waals surface area contributed by atoms with E-state index in [0.29, 0.717) is 17.6 Å². The van der Waals surface area contributed by atoms with Gasteiger partial charge in [0, 0.05) is 11.5 Å². The fraction of sp³-hybridized carbons (Fsp3) is 0.571. The fourth-order valence-corrected chi connectivity index (χ4v) is 3.70. The number of likely N-dealkylation sites (tertiary alicyclic amines) is 1. The van der Waals surface area contributed by atoms with Crippen LogP contribution in [0.25, 0.3) is 0 Å². The van der Waals surface area contributed by atoms with E-state index in [1.807, 2.05) is 19.1 Å². The monoisotopic (exact) mass is 355 g/mol. The summed E-state index contributed by atoms with van der Waals surface area (Å²) in [6, 6.07) is 8.29. The molecule has 1 fully saturated rings. The Bertz CT molecular complexity index is 728. The lowest BCUT2D eigenvalue weighted by atomic mass is 9.88. The second-order valence-electron chi connectivity index (χ2n) is 7.83. The van der Waals surface area contributed by atoms with Crippen molar-refractivity contribution in [3.63, 3.8) is 0 Å². The third-order valence-corrected chi connectivity index (χ3v) is 5.23. The van der Waals surface area contributed by atoms with Crippen LogP contribution in [0.1, 0.15) is 67.3 Å². The number of benzene rings is 1.